The summed E-state index contributed by atoms with van der Waals surface area (Å²) in [7, 11) is -2.71. The highest BCUT2D eigenvalue weighted by molar-refractivity contribution is 8.42. The molecule has 48 heavy (non-hydrogen) atoms. The monoisotopic (exact) mass is 654 g/mol. The fraction of sp³-hybridized carbons (Fsp3) is 0. The minimum Gasteiger partial charge on any atom is -0.377 e. The molecule has 0 fully saturated rings. The Morgan fingerprint density at radius 2 is 1.04 bits per heavy atom. The summed E-state index contributed by atoms with van der Waals surface area (Å²) in [5.74, 6) is 0. The Bertz CT molecular complexity index is 2100. The smallest absolute Gasteiger partial charge is 0.218 e. The van der Waals surface area contributed by atoms with Gasteiger partial charge in [0.05, 0.1) is 11.4 Å². The van der Waals surface area contributed by atoms with Crippen molar-refractivity contribution < 1.29 is 0 Å². The van der Waals surface area contributed by atoms with Crippen LogP contribution in [0, 0.1) is 0 Å². The number of benzene rings is 6. The second-order valence-corrected chi connectivity index (χ2v) is 17.5. The van der Waals surface area contributed by atoms with E-state index in [-0.39, 0.29) is 0 Å². The van der Waals surface area contributed by atoms with Crippen molar-refractivity contribution >= 4 is 61.9 Å². The van der Waals surface area contributed by atoms with Gasteiger partial charge in [-0.15, -0.1) is 10.2 Å². The van der Waals surface area contributed by atoms with Gasteiger partial charge in [-0.05, 0) is 39.3 Å². The van der Waals surface area contributed by atoms with E-state index in [9.17, 15) is 0 Å². The summed E-state index contributed by atoms with van der Waals surface area (Å²) in [5, 5.41) is 14.8. The van der Waals surface area contributed by atoms with Gasteiger partial charge in [-0.3, -0.25) is 0 Å². The molecule has 6 aromatic carbocycles. The molecule has 0 aliphatic rings. The van der Waals surface area contributed by atoms with Crippen LogP contribution in [0.25, 0.3) is 28.2 Å². The van der Waals surface area contributed by atoms with Crippen LogP contribution in [0.1, 0.15) is 11.1 Å². The Kier molecular flexibility index (Phi) is 9.27. The van der Waals surface area contributed by atoms with Gasteiger partial charge in [0.2, 0.25) is 7.22 Å². The Morgan fingerprint density at radius 3 is 1.60 bits per heavy atom. The lowest BCUT2D eigenvalue weighted by Crippen LogP contribution is -2.65. The third-order valence-corrected chi connectivity index (χ3v) is 16.0. The van der Waals surface area contributed by atoms with Crippen LogP contribution >= 0.6 is 11.2 Å². The number of nitrogens with one attached hydrogen (secondary N) is 1. The summed E-state index contributed by atoms with van der Waals surface area (Å²) in [6, 6.07) is 60.9. The predicted octanol–water partition coefficient (Wildman–Crippen LogP) is 7.97. The lowest BCUT2D eigenvalue weighted by Gasteiger charge is -2.32. The molecule has 0 amide bonds. The van der Waals surface area contributed by atoms with Crippen molar-refractivity contribution in [3.63, 3.8) is 0 Å². The lowest BCUT2D eigenvalue weighted by molar-refractivity contribution is 1.24. The van der Waals surface area contributed by atoms with E-state index in [2.05, 4.69) is 151 Å². The first-order valence-electron chi connectivity index (χ1n) is 15.9. The predicted molar refractivity (Wildman–Crippen MR) is 209 cm³/mol. The van der Waals surface area contributed by atoms with E-state index < -0.39 is 7.22 Å². The van der Waals surface area contributed by atoms with Crippen LogP contribution in [0.3, 0.4) is 0 Å². The zero-order chi connectivity index (χ0) is 32.6. The summed E-state index contributed by atoms with van der Waals surface area (Å²) >= 11 is 1.64. The summed E-state index contributed by atoms with van der Waals surface area (Å²) in [6.45, 7) is 0. The summed E-state index contributed by atoms with van der Waals surface area (Å²) in [4.78, 5) is 3.63. The second-order valence-electron chi connectivity index (χ2n) is 11.3. The SMILES string of the molecule is N\C(=N/N=C(/C=C\c1c(-c2ccccc2)[nH]c2ccccc12)c1ccccc1)S[Si](c1ccccc1)(c1ccccc1)c1ccccc1. The van der Waals surface area contributed by atoms with E-state index in [1.165, 1.54) is 15.6 Å². The molecule has 232 valence electrons. The van der Waals surface area contributed by atoms with Crippen LogP contribution in [0.4, 0.5) is 0 Å². The van der Waals surface area contributed by atoms with Gasteiger partial charge in [-0.2, -0.15) is 0 Å². The normalized spacial score (nSPS) is 12.5. The number of aromatic amines is 1. The standard InChI is InChI=1S/C42H34N4SSi/c43-42(47-48(34-22-10-3-11-23-34,35-24-12-4-13-25-35)36-26-14-5-15-27-36)46-45-39(32-18-6-1-7-19-32)31-30-38-37-28-16-17-29-40(37)44-41(38)33-20-8-2-9-21-33/h1-31,44H,(H2,43,46)/b31-30-,45-39-. The van der Waals surface area contributed by atoms with E-state index in [1.807, 2.05) is 42.5 Å². The van der Waals surface area contributed by atoms with Crippen LogP contribution in [0.5, 0.6) is 0 Å². The van der Waals surface area contributed by atoms with Crippen molar-refractivity contribution in [1.82, 2.24) is 4.98 Å². The third-order valence-electron chi connectivity index (χ3n) is 8.34. The molecule has 4 nitrogen and oxygen atoms in total. The summed E-state index contributed by atoms with van der Waals surface area (Å²) in [6.07, 6.45) is 4.16. The molecule has 0 atom stereocenters. The fourth-order valence-corrected chi connectivity index (χ4v) is 13.2. The second kappa shape index (κ2) is 14.4. The molecule has 1 aromatic heterocycles. The van der Waals surface area contributed by atoms with Gasteiger partial charge in [0.25, 0.3) is 0 Å². The molecule has 0 saturated carbocycles. The van der Waals surface area contributed by atoms with E-state index in [0.29, 0.717) is 5.17 Å². The quantitative estimate of drug-likeness (QED) is 0.0545. The van der Waals surface area contributed by atoms with Crippen molar-refractivity contribution in [3.05, 3.63) is 193 Å². The molecule has 7 rings (SSSR count). The average molecular weight is 655 g/mol. The number of para-hydroxylation sites is 1. The Hall–Kier alpha value is -5.69. The molecule has 3 N–H and O–H groups in total. The lowest BCUT2D eigenvalue weighted by atomic mass is 10.0. The number of hydrogen-bond donors (Lipinski definition) is 2. The van der Waals surface area contributed by atoms with Gasteiger partial charge in [-0.25, -0.2) is 0 Å². The Balaban J connectivity index is 1.33. The molecule has 0 aliphatic heterocycles. The molecule has 0 bridgehead atoms. The number of nitrogens with two attached hydrogens (primary N) is 1. The van der Waals surface area contributed by atoms with Gasteiger partial charge in [0.1, 0.15) is 0 Å². The zero-order valence-electron chi connectivity index (χ0n) is 26.3. The van der Waals surface area contributed by atoms with Crippen molar-refractivity contribution in [2.24, 2.45) is 15.9 Å². The number of aromatic nitrogens is 1. The molecule has 6 heteroatoms. The van der Waals surface area contributed by atoms with Crippen molar-refractivity contribution in [2.75, 3.05) is 0 Å². The number of fused-ring (bicyclic) bond motifs is 1. The minimum absolute atomic E-state index is 0.414. The molecule has 1 heterocycles. The van der Waals surface area contributed by atoms with Crippen LogP contribution in [-0.2, 0) is 0 Å². The molecular weight excluding hydrogens is 621 g/mol. The molecule has 0 radical (unpaired) electrons. The van der Waals surface area contributed by atoms with E-state index in [0.717, 1.165) is 39.0 Å². The third kappa shape index (κ3) is 6.44. The van der Waals surface area contributed by atoms with Gasteiger partial charge in [-0.1, -0.05) is 181 Å². The first-order chi connectivity index (χ1) is 23.7. The topological polar surface area (TPSA) is 66.5 Å². The van der Waals surface area contributed by atoms with Crippen LogP contribution in [0.2, 0.25) is 0 Å². The van der Waals surface area contributed by atoms with Crippen LogP contribution < -0.4 is 21.3 Å². The molecule has 0 saturated heterocycles. The van der Waals surface area contributed by atoms with E-state index >= 15 is 0 Å². The number of amidine groups is 1. The number of hydrogen-bond acceptors (Lipinski definition) is 3. The highest BCUT2D eigenvalue weighted by Crippen LogP contribution is 2.31. The highest BCUT2D eigenvalue weighted by Gasteiger charge is 2.41. The van der Waals surface area contributed by atoms with Crippen LogP contribution in [-0.4, -0.2) is 23.1 Å². The minimum atomic E-state index is -2.71. The van der Waals surface area contributed by atoms with E-state index in [1.54, 1.807) is 11.2 Å². The van der Waals surface area contributed by atoms with Gasteiger partial charge < -0.3 is 10.7 Å². The first-order valence-corrected chi connectivity index (χ1v) is 19.4. The molecule has 7 aromatic rings. The largest absolute Gasteiger partial charge is 0.377 e. The first kappa shape index (κ1) is 30.9. The van der Waals surface area contributed by atoms with Crippen LogP contribution in [0.15, 0.2) is 192 Å². The fourth-order valence-electron chi connectivity index (χ4n) is 6.10. The Morgan fingerprint density at radius 1 is 0.562 bits per heavy atom. The van der Waals surface area contributed by atoms with Gasteiger partial charge in [0.15, 0.2) is 5.17 Å². The van der Waals surface area contributed by atoms with Gasteiger partial charge in [0, 0.05) is 22.0 Å². The summed E-state index contributed by atoms with van der Waals surface area (Å²) < 4.78 is 0. The number of rotatable bonds is 9. The van der Waals surface area contributed by atoms with Crippen molar-refractivity contribution in [2.45, 2.75) is 0 Å². The maximum Gasteiger partial charge on any atom is 0.218 e. The maximum atomic E-state index is 6.87. The molecule has 0 spiro atoms. The van der Waals surface area contributed by atoms with Crippen molar-refractivity contribution in [3.8, 4) is 11.3 Å². The molecule has 0 unspecified atom stereocenters. The summed E-state index contributed by atoms with van der Waals surface area (Å²) in [5.41, 5.74) is 12.9. The Labute approximate surface area is 286 Å². The van der Waals surface area contributed by atoms with Gasteiger partial charge >= 0.3 is 0 Å². The highest BCUT2D eigenvalue weighted by atomic mass is 32.4. The number of H-pyrrole nitrogens is 1. The number of allylic oxidation sites excluding steroid dienone is 1. The zero-order valence-corrected chi connectivity index (χ0v) is 28.1. The molecule has 0 aliphatic carbocycles. The average Bonchev–Trinajstić information content (AvgIpc) is 3.54. The number of nitrogens with zero attached hydrogens (tertiary/aromatic N) is 2. The molecular formula is C42H34N4SSi. The maximum absolute atomic E-state index is 6.87. The van der Waals surface area contributed by atoms with Crippen molar-refractivity contribution in [1.29, 1.82) is 0 Å². The van der Waals surface area contributed by atoms with E-state index in [4.69, 9.17) is 15.9 Å².